The van der Waals surface area contributed by atoms with Crippen LogP contribution in [0.4, 0.5) is 0 Å². The van der Waals surface area contributed by atoms with Crippen LogP contribution in [0, 0.1) is 6.92 Å². The molecule has 1 N–H and O–H groups in total. The van der Waals surface area contributed by atoms with Crippen molar-refractivity contribution in [2.75, 3.05) is 14.2 Å². The molecule has 0 amide bonds. The number of aromatic nitrogens is 2. The molecular weight excluding hydrogens is 332 g/mol. The van der Waals surface area contributed by atoms with E-state index in [2.05, 4.69) is 9.97 Å². The lowest BCUT2D eigenvalue weighted by atomic mass is 10.0. The number of hydrogen-bond donors (Lipinski definition) is 1. The third kappa shape index (κ3) is 2.60. The first-order chi connectivity index (χ1) is 12.6. The van der Waals surface area contributed by atoms with E-state index in [1.807, 2.05) is 37.3 Å². The summed E-state index contributed by atoms with van der Waals surface area (Å²) >= 11 is 0. The molecule has 0 aliphatic carbocycles. The number of para-hydroxylation sites is 1. The topological polar surface area (TPSA) is 73.4 Å². The molecule has 6 heteroatoms. The quantitative estimate of drug-likeness (QED) is 0.612. The largest absolute Gasteiger partial charge is 0.493 e. The molecule has 1 aliphatic heterocycles. The van der Waals surface area contributed by atoms with Gasteiger partial charge in [-0.25, -0.2) is 0 Å². The van der Waals surface area contributed by atoms with Gasteiger partial charge in [0.2, 0.25) is 5.88 Å². The standard InChI is InChI=1S/C20H18N2O4/c1-11-7-8-15-12(9-11)10-14-19(23)21-18(22-20(14)26-15)13-5-4-6-16(24-2)17(13)25-3/h4-9H,10H2,1-3H3,(H,21,22,23). The second kappa shape index (κ2) is 6.22. The van der Waals surface area contributed by atoms with Gasteiger partial charge in [-0.05, 0) is 30.7 Å². The Morgan fingerprint density at radius 1 is 1.15 bits per heavy atom. The molecule has 3 aromatic rings. The molecule has 0 fully saturated rings. The van der Waals surface area contributed by atoms with Crippen molar-refractivity contribution in [3.63, 3.8) is 0 Å². The zero-order valence-electron chi connectivity index (χ0n) is 14.8. The number of rotatable bonds is 3. The highest BCUT2D eigenvalue weighted by Gasteiger charge is 2.23. The van der Waals surface area contributed by atoms with E-state index in [0.29, 0.717) is 40.8 Å². The molecule has 1 aliphatic rings. The van der Waals surface area contributed by atoms with E-state index < -0.39 is 0 Å². The van der Waals surface area contributed by atoms with Crippen LogP contribution in [0.1, 0.15) is 16.7 Å². The van der Waals surface area contributed by atoms with E-state index in [9.17, 15) is 4.79 Å². The molecule has 2 aromatic carbocycles. The van der Waals surface area contributed by atoms with Crippen LogP contribution in [0.25, 0.3) is 11.4 Å². The van der Waals surface area contributed by atoms with E-state index in [1.165, 1.54) is 0 Å². The van der Waals surface area contributed by atoms with Gasteiger partial charge in [0.15, 0.2) is 11.5 Å². The minimum atomic E-state index is -0.220. The number of methoxy groups -OCH3 is 2. The molecule has 0 bridgehead atoms. The smallest absolute Gasteiger partial charge is 0.258 e. The Kier molecular flexibility index (Phi) is 3.88. The molecule has 0 unspecified atom stereocenters. The number of H-pyrrole nitrogens is 1. The lowest BCUT2D eigenvalue weighted by molar-refractivity contribution is 0.356. The lowest BCUT2D eigenvalue weighted by Crippen LogP contribution is -2.20. The van der Waals surface area contributed by atoms with Gasteiger partial charge in [0.1, 0.15) is 11.6 Å². The van der Waals surface area contributed by atoms with Crippen LogP contribution in [0.5, 0.6) is 23.1 Å². The maximum atomic E-state index is 12.7. The third-order valence-corrected chi connectivity index (χ3v) is 4.43. The van der Waals surface area contributed by atoms with Gasteiger partial charge in [-0.1, -0.05) is 23.8 Å². The predicted octanol–water partition coefficient (Wildman–Crippen LogP) is 3.46. The Morgan fingerprint density at radius 2 is 2.00 bits per heavy atom. The van der Waals surface area contributed by atoms with Crippen LogP contribution in [-0.4, -0.2) is 24.2 Å². The predicted molar refractivity (Wildman–Crippen MR) is 97.5 cm³/mol. The normalized spacial score (nSPS) is 12.0. The Bertz CT molecular complexity index is 1060. The van der Waals surface area contributed by atoms with E-state index in [0.717, 1.165) is 16.9 Å². The van der Waals surface area contributed by atoms with Crippen molar-refractivity contribution in [3.05, 3.63) is 63.4 Å². The lowest BCUT2D eigenvalue weighted by Gasteiger charge is -2.20. The second-order valence-corrected chi connectivity index (χ2v) is 6.13. The number of hydrogen-bond acceptors (Lipinski definition) is 5. The van der Waals surface area contributed by atoms with Gasteiger partial charge in [0.25, 0.3) is 5.56 Å². The maximum absolute atomic E-state index is 12.7. The molecule has 1 aromatic heterocycles. The van der Waals surface area contributed by atoms with Gasteiger partial charge >= 0.3 is 0 Å². The monoisotopic (exact) mass is 350 g/mol. The van der Waals surface area contributed by atoms with E-state index in [4.69, 9.17) is 14.2 Å². The number of nitrogens with zero attached hydrogens (tertiary/aromatic N) is 1. The van der Waals surface area contributed by atoms with Crippen LogP contribution in [0.3, 0.4) is 0 Å². The summed E-state index contributed by atoms with van der Waals surface area (Å²) in [6, 6.07) is 11.3. The molecule has 132 valence electrons. The summed E-state index contributed by atoms with van der Waals surface area (Å²) in [5.74, 6) is 2.49. The maximum Gasteiger partial charge on any atom is 0.258 e. The van der Waals surface area contributed by atoms with Crippen molar-refractivity contribution in [2.24, 2.45) is 0 Å². The zero-order valence-corrected chi connectivity index (χ0v) is 14.8. The molecule has 0 radical (unpaired) electrons. The summed E-state index contributed by atoms with van der Waals surface area (Å²) in [6.07, 6.45) is 0.490. The highest BCUT2D eigenvalue weighted by atomic mass is 16.5. The first-order valence-electron chi connectivity index (χ1n) is 8.22. The Labute approximate surface area is 150 Å². The van der Waals surface area contributed by atoms with Crippen LogP contribution >= 0.6 is 0 Å². The highest BCUT2D eigenvalue weighted by Crippen LogP contribution is 2.38. The van der Waals surface area contributed by atoms with Crippen molar-refractivity contribution < 1.29 is 14.2 Å². The zero-order chi connectivity index (χ0) is 18.3. The van der Waals surface area contributed by atoms with Crippen molar-refractivity contribution in [2.45, 2.75) is 13.3 Å². The van der Waals surface area contributed by atoms with Gasteiger partial charge in [-0.3, -0.25) is 4.79 Å². The molecule has 0 atom stereocenters. The molecule has 6 nitrogen and oxygen atoms in total. The van der Waals surface area contributed by atoms with E-state index >= 15 is 0 Å². The molecule has 2 heterocycles. The number of ether oxygens (including phenoxy) is 3. The Hall–Kier alpha value is -3.28. The van der Waals surface area contributed by atoms with E-state index in [-0.39, 0.29) is 5.56 Å². The van der Waals surface area contributed by atoms with Gasteiger partial charge in [0.05, 0.1) is 25.3 Å². The summed E-state index contributed by atoms with van der Waals surface area (Å²) in [6.45, 7) is 2.01. The number of benzene rings is 2. The highest BCUT2D eigenvalue weighted by molar-refractivity contribution is 5.69. The summed E-state index contributed by atoms with van der Waals surface area (Å²) in [4.78, 5) is 20.0. The van der Waals surface area contributed by atoms with Crippen LogP contribution in [-0.2, 0) is 6.42 Å². The Morgan fingerprint density at radius 3 is 2.77 bits per heavy atom. The van der Waals surface area contributed by atoms with Crippen LogP contribution in [0.15, 0.2) is 41.2 Å². The fraction of sp³-hybridized carbons (Fsp3) is 0.200. The summed E-state index contributed by atoms with van der Waals surface area (Å²) in [7, 11) is 3.11. The van der Waals surface area contributed by atoms with Crippen molar-refractivity contribution in [3.8, 4) is 34.5 Å². The van der Waals surface area contributed by atoms with Gasteiger partial charge < -0.3 is 19.2 Å². The SMILES string of the molecule is COc1cccc(-c2nc3c(c(=O)[nH]2)Cc2cc(C)ccc2O3)c1OC. The fourth-order valence-electron chi connectivity index (χ4n) is 3.16. The summed E-state index contributed by atoms with van der Waals surface area (Å²) in [5, 5.41) is 0. The number of aromatic amines is 1. The Balaban J connectivity index is 1.84. The average Bonchev–Trinajstić information content (AvgIpc) is 2.66. The van der Waals surface area contributed by atoms with Crippen LogP contribution < -0.4 is 19.8 Å². The molecule has 0 spiro atoms. The molecular formula is C20H18N2O4. The minimum absolute atomic E-state index is 0.220. The molecule has 0 saturated carbocycles. The first kappa shape index (κ1) is 16.2. The number of fused-ring (bicyclic) bond motifs is 2. The second-order valence-electron chi connectivity index (χ2n) is 6.13. The third-order valence-electron chi connectivity index (χ3n) is 4.43. The summed E-state index contributed by atoms with van der Waals surface area (Å²) in [5.41, 5.74) is 3.04. The fourth-order valence-corrected chi connectivity index (χ4v) is 3.16. The average molecular weight is 350 g/mol. The van der Waals surface area contributed by atoms with Gasteiger partial charge in [0, 0.05) is 6.42 Å². The van der Waals surface area contributed by atoms with Crippen molar-refractivity contribution in [1.29, 1.82) is 0 Å². The number of nitrogens with one attached hydrogen (secondary N) is 1. The summed E-state index contributed by atoms with van der Waals surface area (Å²) < 4.78 is 16.7. The van der Waals surface area contributed by atoms with Crippen LogP contribution in [0.2, 0.25) is 0 Å². The molecule has 26 heavy (non-hydrogen) atoms. The minimum Gasteiger partial charge on any atom is -0.493 e. The van der Waals surface area contributed by atoms with Crippen molar-refractivity contribution in [1.82, 2.24) is 9.97 Å². The van der Waals surface area contributed by atoms with Crippen molar-refractivity contribution >= 4 is 0 Å². The number of aryl methyl sites for hydroxylation is 1. The molecule has 0 saturated heterocycles. The van der Waals surface area contributed by atoms with Gasteiger partial charge in [-0.15, -0.1) is 0 Å². The van der Waals surface area contributed by atoms with Gasteiger partial charge in [-0.2, -0.15) is 4.98 Å². The van der Waals surface area contributed by atoms with E-state index in [1.54, 1.807) is 20.3 Å². The first-order valence-corrected chi connectivity index (χ1v) is 8.22. The molecule has 4 rings (SSSR count).